The first-order valence-corrected chi connectivity index (χ1v) is 11.2. The molecule has 176 valence electrons. The molecule has 1 aliphatic heterocycles. The lowest BCUT2D eigenvalue weighted by Crippen LogP contribution is -2.31. The Bertz CT molecular complexity index is 1410. The fourth-order valence-corrected chi connectivity index (χ4v) is 4.24. The molecule has 3 aromatic carbocycles. The van der Waals surface area contributed by atoms with E-state index in [9.17, 15) is 4.79 Å². The predicted octanol–water partition coefficient (Wildman–Crippen LogP) is 4.31. The highest BCUT2D eigenvalue weighted by molar-refractivity contribution is 5.95. The van der Waals surface area contributed by atoms with Crippen molar-refractivity contribution in [2.75, 3.05) is 12.4 Å². The van der Waals surface area contributed by atoms with Crippen molar-refractivity contribution < 1.29 is 14.3 Å². The number of carbonyl (C=O) groups excluding carboxylic acids is 1. The van der Waals surface area contributed by atoms with Crippen LogP contribution in [0.3, 0.4) is 0 Å². The first-order valence-electron chi connectivity index (χ1n) is 11.2. The van der Waals surface area contributed by atoms with E-state index in [2.05, 4.69) is 5.32 Å². The lowest BCUT2D eigenvalue weighted by atomic mass is 9.95. The zero-order valence-corrected chi connectivity index (χ0v) is 19.4. The summed E-state index contributed by atoms with van der Waals surface area (Å²) in [6.07, 6.45) is 0. The van der Waals surface area contributed by atoms with Crippen molar-refractivity contribution in [3.63, 3.8) is 0 Å². The number of rotatable bonds is 7. The van der Waals surface area contributed by atoms with Gasteiger partial charge in [-0.3, -0.25) is 4.79 Å². The van der Waals surface area contributed by atoms with Crippen molar-refractivity contribution in [2.24, 2.45) is 5.73 Å². The standard InChI is InChI=1S/C27H25N5O3/c1-17-23(25(28)33)24(19-11-8-12-20(15-19)35-16-18-9-4-3-5-10-18)32-27(29-17)30-26(31-32)21-13-6-7-14-22(21)34-2/h3-15,24H,16H2,1-2H3,(H2,28,33)(H,29,30,31). The summed E-state index contributed by atoms with van der Waals surface area (Å²) in [5.41, 5.74) is 9.49. The molecule has 0 saturated carbocycles. The van der Waals surface area contributed by atoms with Crippen LogP contribution in [0.2, 0.25) is 0 Å². The number of primary amides is 1. The molecule has 8 nitrogen and oxygen atoms in total. The van der Waals surface area contributed by atoms with Crippen molar-refractivity contribution in [3.05, 3.63) is 101 Å². The second-order valence-electron chi connectivity index (χ2n) is 8.18. The number of methoxy groups -OCH3 is 1. The number of anilines is 1. The maximum absolute atomic E-state index is 12.5. The van der Waals surface area contributed by atoms with Gasteiger partial charge in [0.1, 0.15) is 24.1 Å². The Morgan fingerprint density at radius 2 is 1.83 bits per heavy atom. The summed E-state index contributed by atoms with van der Waals surface area (Å²) < 4.78 is 13.2. The van der Waals surface area contributed by atoms with E-state index >= 15 is 0 Å². The molecule has 0 aliphatic carbocycles. The quantitative estimate of drug-likeness (QED) is 0.420. The Hall–Kier alpha value is -4.59. The average molecular weight is 468 g/mol. The van der Waals surface area contributed by atoms with Crippen LogP contribution >= 0.6 is 0 Å². The highest BCUT2D eigenvalue weighted by Crippen LogP contribution is 2.38. The van der Waals surface area contributed by atoms with Crippen LogP contribution in [0.5, 0.6) is 11.5 Å². The molecule has 0 fully saturated rings. The summed E-state index contributed by atoms with van der Waals surface area (Å²) >= 11 is 0. The van der Waals surface area contributed by atoms with Gasteiger partial charge in [-0.2, -0.15) is 4.98 Å². The zero-order chi connectivity index (χ0) is 24.4. The minimum atomic E-state index is -0.569. The third-order valence-electron chi connectivity index (χ3n) is 5.89. The van der Waals surface area contributed by atoms with E-state index in [1.807, 2.05) is 85.8 Å². The van der Waals surface area contributed by atoms with E-state index in [0.29, 0.717) is 41.1 Å². The minimum absolute atomic E-state index is 0.411. The molecular weight excluding hydrogens is 442 g/mol. The number of benzene rings is 3. The van der Waals surface area contributed by atoms with E-state index in [4.69, 9.17) is 25.3 Å². The number of amides is 1. The molecular formula is C27H25N5O3. The van der Waals surface area contributed by atoms with Crippen LogP contribution in [0, 0.1) is 0 Å². The molecule has 4 aromatic rings. The van der Waals surface area contributed by atoms with Gasteiger partial charge >= 0.3 is 0 Å². The number of ether oxygens (including phenoxy) is 2. The first kappa shape index (κ1) is 22.2. The Morgan fingerprint density at radius 3 is 2.60 bits per heavy atom. The molecule has 0 bridgehead atoms. The maximum atomic E-state index is 12.5. The predicted molar refractivity (Wildman–Crippen MR) is 133 cm³/mol. The van der Waals surface area contributed by atoms with Gasteiger partial charge in [0.2, 0.25) is 11.9 Å². The van der Waals surface area contributed by atoms with Crippen molar-refractivity contribution in [3.8, 4) is 22.9 Å². The molecule has 1 unspecified atom stereocenters. The second-order valence-corrected chi connectivity index (χ2v) is 8.18. The molecule has 5 rings (SSSR count). The van der Waals surface area contributed by atoms with Gasteiger partial charge in [0, 0.05) is 5.70 Å². The SMILES string of the molecule is COc1ccccc1-c1nc2n(n1)C(c1cccc(OCc3ccccc3)c1)C(C(N)=O)=C(C)N2. The molecule has 1 amide bonds. The van der Waals surface area contributed by atoms with Gasteiger partial charge < -0.3 is 20.5 Å². The van der Waals surface area contributed by atoms with Crippen LogP contribution in [0.1, 0.15) is 24.1 Å². The maximum Gasteiger partial charge on any atom is 0.248 e. The van der Waals surface area contributed by atoms with Gasteiger partial charge in [0.15, 0.2) is 5.82 Å². The number of allylic oxidation sites excluding steroid dienone is 1. The molecule has 0 saturated heterocycles. The number of fused-ring (bicyclic) bond motifs is 1. The zero-order valence-electron chi connectivity index (χ0n) is 19.4. The van der Waals surface area contributed by atoms with E-state index in [1.54, 1.807) is 11.8 Å². The van der Waals surface area contributed by atoms with Gasteiger partial charge in [-0.15, -0.1) is 5.10 Å². The summed E-state index contributed by atoms with van der Waals surface area (Å²) in [5.74, 6) is 1.79. The topological polar surface area (TPSA) is 104 Å². The number of nitrogens with zero attached hydrogens (tertiary/aromatic N) is 3. The Kier molecular flexibility index (Phi) is 5.93. The van der Waals surface area contributed by atoms with Gasteiger partial charge in [0.25, 0.3) is 0 Å². The Labute approximate surface area is 203 Å². The van der Waals surface area contributed by atoms with Crippen molar-refractivity contribution in [2.45, 2.75) is 19.6 Å². The molecule has 1 aliphatic rings. The number of nitrogens with one attached hydrogen (secondary N) is 1. The van der Waals surface area contributed by atoms with E-state index in [0.717, 1.165) is 16.7 Å². The number of para-hydroxylation sites is 1. The fraction of sp³-hybridized carbons (Fsp3) is 0.148. The van der Waals surface area contributed by atoms with Crippen LogP contribution in [-0.4, -0.2) is 27.8 Å². The van der Waals surface area contributed by atoms with Crippen LogP contribution in [0.4, 0.5) is 5.95 Å². The molecule has 0 spiro atoms. The van der Waals surface area contributed by atoms with Gasteiger partial charge in [-0.05, 0) is 42.3 Å². The largest absolute Gasteiger partial charge is 0.496 e. The third kappa shape index (κ3) is 4.33. The Morgan fingerprint density at radius 1 is 1.06 bits per heavy atom. The molecule has 0 radical (unpaired) electrons. The van der Waals surface area contributed by atoms with Crippen molar-refractivity contribution in [1.29, 1.82) is 0 Å². The van der Waals surface area contributed by atoms with E-state index in [1.165, 1.54) is 0 Å². The number of nitrogens with two attached hydrogens (primary N) is 1. The summed E-state index contributed by atoms with van der Waals surface area (Å²) in [6, 6.07) is 24.5. The van der Waals surface area contributed by atoms with Gasteiger partial charge in [0.05, 0.1) is 18.2 Å². The van der Waals surface area contributed by atoms with Crippen LogP contribution in [0.15, 0.2) is 90.1 Å². The second kappa shape index (κ2) is 9.34. The number of hydrogen-bond acceptors (Lipinski definition) is 6. The third-order valence-corrected chi connectivity index (χ3v) is 5.89. The lowest BCUT2D eigenvalue weighted by Gasteiger charge is -2.27. The average Bonchev–Trinajstić information content (AvgIpc) is 3.30. The summed E-state index contributed by atoms with van der Waals surface area (Å²) in [4.78, 5) is 17.2. The Balaban J connectivity index is 1.55. The normalized spacial score (nSPS) is 14.7. The monoisotopic (exact) mass is 467 g/mol. The van der Waals surface area contributed by atoms with Crippen LogP contribution < -0.4 is 20.5 Å². The number of aromatic nitrogens is 3. The lowest BCUT2D eigenvalue weighted by molar-refractivity contribution is -0.115. The smallest absolute Gasteiger partial charge is 0.248 e. The molecule has 2 heterocycles. The van der Waals surface area contributed by atoms with E-state index < -0.39 is 11.9 Å². The van der Waals surface area contributed by atoms with Crippen LogP contribution in [0.25, 0.3) is 11.4 Å². The molecule has 35 heavy (non-hydrogen) atoms. The summed E-state index contributed by atoms with van der Waals surface area (Å²) in [5, 5.41) is 7.93. The highest BCUT2D eigenvalue weighted by atomic mass is 16.5. The first-order chi connectivity index (χ1) is 17.0. The van der Waals surface area contributed by atoms with E-state index in [-0.39, 0.29) is 0 Å². The molecule has 8 heteroatoms. The van der Waals surface area contributed by atoms with Crippen molar-refractivity contribution >= 4 is 11.9 Å². The van der Waals surface area contributed by atoms with Gasteiger partial charge in [-0.1, -0.05) is 54.6 Å². The molecule has 3 N–H and O–H groups in total. The van der Waals surface area contributed by atoms with Crippen molar-refractivity contribution in [1.82, 2.24) is 14.8 Å². The summed E-state index contributed by atoms with van der Waals surface area (Å²) in [7, 11) is 1.60. The highest BCUT2D eigenvalue weighted by Gasteiger charge is 2.34. The van der Waals surface area contributed by atoms with Gasteiger partial charge in [-0.25, -0.2) is 4.68 Å². The van der Waals surface area contributed by atoms with Crippen LogP contribution in [-0.2, 0) is 11.4 Å². The minimum Gasteiger partial charge on any atom is -0.496 e. The number of carbonyl (C=O) groups is 1. The summed E-state index contributed by atoms with van der Waals surface area (Å²) in [6.45, 7) is 2.24. The number of hydrogen-bond donors (Lipinski definition) is 2. The fourth-order valence-electron chi connectivity index (χ4n) is 4.24. The molecule has 1 atom stereocenters. The molecule has 1 aromatic heterocycles.